The number of rotatable bonds is 6. The van der Waals surface area contributed by atoms with Gasteiger partial charge in [-0.05, 0) is 44.7 Å². The first kappa shape index (κ1) is 12.6. The van der Waals surface area contributed by atoms with Gasteiger partial charge in [-0.1, -0.05) is 0 Å². The van der Waals surface area contributed by atoms with Crippen molar-refractivity contribution in [3.63, 3.8) is 0 Å². The molecule has 0 saturated carbocycles. The molecule has 0 bridgehead atoms. The molecule has 0 aliphatic carbocycles. The molecule has 96 valence electrons. The zero-order valence-corrected chi connectivity index (χ0v) is 10.6. The Bertz CT molecular complexity index is 294. The molecule has 4 heteroatoms. The Hall–Kier alpha value is -0.870. The van der Waals surface area contributed by atoms with Crippen molar-refractivity contribution in [1.82, 2.24) is 15.1 Å². The van der Waals surface area contributed by atoms with Crippen LogP contribution in [0.5, 0.6) is 0 Å². The van der Waals surface area contributed by atoms with Crippen molar-refractivity contribution in [3.8, 4) is 0 Å². The second kappa shape index (κ2) is 6.77. The summed E-state index contributed by atoms with van der Waals surface area (Å²) in [7, 11) is 0. The van der Waals surface area contributed by atoms with Gasteiger partial charge in [-0.15, -0.1) is 0 Å². The van der Waals surface area contributed by atoms with Gasteiger partial charge in [0.15, 0.2) is 0 Å². The Morgan fingerprint density at radius 3 is 3.24 bits per heavy atom. The summed E-state index contributed by atoms with van der Waals surface area (Å²) in [5.41, 5.74) is 0. The molecule has 4 nitrogen and oxygen atoms in total. The van der Waals surface area contributed by atoms with Crippen LogP contribution in [-0.2, 0) is 11.3 Å². The molecule has 17 heavy (non-hydrogen) atoms. The minimum absolute atomic E-state index is 0.563. The minimum atomic E-state index is 0.563. The number of hydrogen-bond donors (Lipinski definition) is 1. The lowest BCUT2D eigenvalue weighted by molar-refractivity contribution is 0.0420. The third kappa shape index (κ3) is 4.13. The molecule has 0 amide bonds. The van der Waals surface area contributed by atoms with E-state index in [2.05, 4.69) is 17.3 Å². The zero-order chi connectivity index (χ0) is 11.9. The summed E-state index contributed by atoms with van der Waals surface area (Å²) in [5.74, 6) is 0.688. The highest BCUT2D eigenvalue weighted by molar-refractivity contribution is 4.78. The van der Waals surface area contributed by atoms with E-state index in [1.165, 1.54) is 12.8 Å². The summed E-state index contributed by atoms with van der Waals surface area (Å²) in [6.45, 7) is 6.19. The van der Waals surface area contributed by atoms with Gasteiger partial charge in [0, 0.05) is 31.6 Å². The SMILES string of the molecule is C[C@@H](NCCCn1cccn1)[C@H]1CCCOC1. The van der Waals surface area contributed by atoms with Crippen molar-refractivity contribution < 1.29 is 4.74 Å². The van der Waals surface area contributed by atoms with Crippen LogP contribution in [0.25, 0.3) is 0 Å². The monoisotopic (exact) mass is 237 g/mol. The Kier molecular flexibility index (Phi) is 5.01. The van der Waals surface area contributed by atoms with E-state index in [0.29, 0.717) is 12.0 Å². The predicted octanol–water partition coefficient (Wildman–Crippen LogP) is 1.68. The van der Waals surface area contributed by atoms with Gasteiger partial charge in [0.05, 0.1) is 6.61 Å². The Labute approximate surface area is 103 Å². The molecule has 1 fully saturated rings. The minimum Gasteiger partial charge on any atom is -0.381 e. The van der Waals surface area contributed by atoms with Gasteiger partial charge < -0.3 is 10.1 Å². The van der Waals surface area contributed by atoms with E-state index in [1.807, 2.05) is 23.1 Å². The number of aromatic nitrogens is 2. The molecule has 2 rings (SSSR count). The summed E-state index contributed by atoms with van der Waals surface area (Å²) in [6.07, 6.45) is 7.48. The van der Waals surface area contributed by atoms with Gasteiger partial charge in [-0.25, -0.2) is 0 Å². The molecule has 0 unspecified atom stereocenters. The van der Waals surface area contributed by atoms with E-state index in [0.717, 1.165) is 32.7 Å². The molecule has 2 atom stereocenters. The van der Waals surface area contributed by atoms with Crippen molar-refractivity contribution in [3.05, 3.63) is 18.5 Å². The van der Waals surface area contributed by atoms with Crippen LogP contribution in [0.3, 0.4) is 0 Å². The largest absolute Gasteiger partial charge is 0.381 e. The quantitative estimate of drug-likeness (QED) is 0.765. The third-order valence-corrected chi connectivity index (χ3v) is 3.49. The average molecular weight is 237 g/mol. The second-order valence-electron chi connectivity index (χ2n) is 4.84. The maximum Gasteiger partial charge on any atom is 0.0509 e. The number of hydrogen-bond acceptors (Lipinski definition) is 3. The molecule has 0 aromatic carbocycles. The molecule has 1 saturated heterocycles. The highest BCUT2D eigenvalue weighted by atomic mass is 16.5. The van der Waals surface area contributed by atoms with Gasteiger partial charge >= 0.3 is 0 Å². The molecule has 1 N–H and O–H groups in total. The molecule has 1 aromatic rings. The first-order chi connectivity index (χ1) is 8.36. The fourth-order valence-corrected chi connectivity index (χ4v) is 2.33. The first-order valence-corrected chi connectivity index (χ1v) is 6.65. The van der Waals surface area contributed by atoms with Crippen molar-refractivity contribution in [2.75, 3.05) is 19.8 Å². The van der Waals surface area contributed by atoms with E-state index < -0.39 is 0 Å². The highest BCUT2D eigenvalue weighted by Crippen LogP contribution is 2.16. The van der Waals surface area contributed by atoms with Crippen molar-refractivity contribution in [2.45, 2.75) is 38.8 Å². The van der Waals surface area contributed by atoms with E-state index in [-0.39, 0.29) is 0 Å². The molecular formula is C13H23N3O. The molecule has 1 aliphatic rings. The summed E-state index contributed by atoms with van der Waals surface area (Å²) < 4.78 is 7.50. The van der Waals surface area contributed by atoms with Gasteiger partial charge in [0.1, 0.15) is 0 Å². The third-order valence-electron chi connectivity index (χ3n) is 3.49. The molecule has 2 heterocycles. The smallest absolute Gasteiger partial charge is 0.0509 e. The highest BCUT2D eigenvalue weighted by Gasteiger charge is 2.19. The predicted molar refractivity (Wildman–Crippen MR) is 67.9 cm³/mol. The van der Waals surface area contributed by atoms with E-state index in [1.54, 1.807) is 0 Å². The van der Waals surface area contributed by atoms with Crippen LogP contribution in [0.15, 0.2) is 18.5 Å². The van der Waals surface area contributed by atoms with Crippen molar-refractivity contribution in [1.29, 1.82) is 0 Å². The topological polar surface area (TPSA) is 39.1 Å². The van der Waals surface area contributed by atoms with Gasteiger partial charge in [-0.2, -0.15) is 5.10 Å². The number of nitrogens with one attached hydrogen (secondary N) is 1. The molecular weight excluding hydrogens is 214 g/mol. The zero-order valence-electron chi connectivity index (χ0n) is 10.6. The Morgan fingerprint density at radius 2 is 2.53 bits per heavy atom. The second-order valence-corrected chi connectivity index (χ2v) is 4.84. The van der Waals surface area contributed by atoms with E-state index >= 15 is 0 Å². The fraction of sp³-hybridized carbons (Fsp3) is 0.769. The van der Waals surface area contributed by atoms with Crippen LogP contribution in [0, 0.1) is 5.92 Å². The lowest BCUT2D eigenvalue weighted by Crippen LogP contribution is -2.38. The summed E-state index contributed by atoms with van der Waals surface area (Å²) in [6, 6.07) is 2.53. The van der Waals surface area contributed by atoms with Crippen LogP contribution < -0.4 is 5.32 Å². The molecule has 0 spiro atoms. The normalized spacial score (nSPS) is 22.5. The van der Waals surface area contributed by atoms with Crippen LogP contribution in [0.2, 0.25) is 0 Å². The molecule has 1 aliphatic heterocycles. The lowest BCUT2D eigenvalue weighted by Gasteiger charge is -2.28. The van der Waals surface area contributed by atoms with Gasteiger partial charge in [-0.3, -0.25) is 4.68 Å². The molecule has 1 aromatic heterocycles. The van der Waals surface area contributed by atoms with Gasteiger partial charge in [0.25, 0.3) is 0 Å². The van der Waals surface area contributed by atoms with Crippen LogP contribution in [0.4, 0.5) is 0 Å². The fourth-order valence-electron chi connectivity index (χ4n) is 2.33. The standard InChI is InChI=1S/C13H23N3O/c1-12(13-5-2-10-17-11-13)14-6-3-8-16-9-4-7-15-16/h4,7,9,12-14H,2-3,5-6,8,10-11H2,1H3/t12-,13+/m1/s1. The number of aryl methyl sites for hydroxylation is 1. The van der Waals surface area contributed by atoms with Gasteiger partial charge in [0.2, 0.25) is 0 Å². The van der Waals surface area contributed by atoms with Crippen LogP contribution in [-0.4, -0.2) is 35.6 Å². The molecule has 0 radical (unpaired) electrons. The maximum absolute atomic E-state index is 5.51. The van der Waals surface area contributed by atoms with Crippen LogP contribution in [0.1, 0.15) is 26.2 Å². The average Bonchev–Trinajstić information content (AvgIpc) is 2.88. The first-order valence-electron chi connectivity index (χ1n) is 6.65. The Morgan fingerprint density at radius 1 is 1.59 bits per heavy atom. The summed E-state index contributed by atoms with van der Waals surface area (Å²) >= 11 is 0. The number of ether oxygens (including phenoxy) is 1. The van der Waals surface area contributed by atoms with Crippen LogP contribution >= 0.6 is 0 Å². The lowest BCUT2D eigenvalue weighted by atomic mass is 9.95. The van der Waals surface area contributed by atoms with E-state index in [4.69, 9.17) is 4.74 Å². The maximum atomic E-state index is 5.51. The number of nitrogens with zero attached hydrogens (tertiary/aromatic N) is 2. The van der Waals surface area contributed by atoms with Crippen molar-refractivity contribution >= 4 is 0 Å². The summed E-state index contributed by atoms with van der Waals surface area (Å²) in [5, 5.41) is 7.79. The Balaban J connectivity index is 1.57. The summed E-state index contributed by atoms with van der Waals surface area (Å²) in [4.78, 5) is 0. The van der Waals surface area contributed by atoms with E-state index in [9.17, 15) is 0 Å². The van der Waals surface area contributed by atoms with Crippen molar-refractivity contribution in [2.24, 2.45) is 5.92 Å².